The third-order valence-electron chi connectivity index (χ3n) is 4.91. The Morgan fingerprint density at radius 3 is 1.72 bits per heavy atom. The van der Waals surface area contributed by atoms with Crippen molar-refractivity contribution in [2.75, 3.05) is 26.2 Å². The van der Waals surface area contributed by atoms with Crippen LogP contribution in [0.3, 0.4) is 0 Å². The van der Waals surface area contributed by atoms with E-state index in [2.05, 4.69) is 0 Å². The summed E-state index contributed by atoms with van der Waals surface area (Å²) >= 11 is 0. The Kier molecular flexibility index (Phi) is 5.83. The molecule has 1 saturated heterocycles. The summed E-state index contributed by atoms with van der Waals surface area (Å²) in [5, 5.41) is 0. The van der Waals surface area contributed by atoms with Gasteiger partial charge in [0.1, 0.15) is 16.5 Å². The number of nitrogens with zero attached hydrogens (tertiary/aromatic N) is 2. The Morgan fingerprint density at radius 1 is 0.759 bits per heavy atom. The molecule has 1 aliphatic heterocycles. The molecule has 0 bridgehead atoms. The Bertz CT molecular complexity index is 1130. The molecule has 3 rings (SSSR count). The first kappa shape index (κ1) is 21.8. The average Bonchev–Trinajstić information content (AvgIpc) is 2.60. The van der Waals surface area contributed by atoms with Gasteiger partial charge in [-0.15, -0.1) is 0 Å². The number of hydrogen-bond acceptors (Lipinski definition) is 4. The van der Waals surface area contributed by atoms with Gasteiger partial charge >= 0.3 is 0 Å². The zero-order chi connectivity index (χ0) is 21.6. The fourth-order valence-electron chi connectivity index (χ4n) is 3.68. The highest BCUT2D eigenvalue weighted by Gasteiger charge is 2.36. The molecule has 0 spiro atoms. The highest BCUT2D eigenvalue weighted by Crippen LogP contribution is 2.27. The lowest BCUT2D eigenvalue weighted by molar-refractivity contribution is 0.272. The number of aryl methyl sites for hydroxylation is 3. The number of piperazine rings is 1. The van der Waals surface area contributed by atoms with Crippen molar-refractivity contribution in [2.24, 2.45) is 0 Å². The van der Waals surface area contributed by atoms with Crippen LogP contribution in [0.15, 0.2) is 40.1 Å². The van der Waals surface area contributed by atoms with Gasteiger partial charge in [0.15, 0.2) is 0 Å². The smallest absolute Gasteiger partial charge is 0.207 e. The third-order valence-corrected chi connectivity index (χ3v) is 9.05. The van der Waals surface area contributed by atoms with Gasteiger partial charge < -0.3 is 0 Å². The van der Waals surface area contributed by atoms with Gasteiger partial charge in [0.05, 0.1) is 4.90 Å². The van der Waals surface area contributed by atoms with E-state index in [0.717, 1.165) is 22.0 Å². The van der Waals surface area contributed by atoms with Crippen LogP contribution >= 0.6 is 0 Å². The maximum atomic E-state index is 14.0. The topological polar surface area (TPSA) is 74.8 Å². The molecule has 0 N–H and O–H groups in total. The molecule has 6 nitrogen and oxygen atoms in total. The van der Waals surface area contributed by atoms with Crippen molar-refractivity contribution in [3.05, 3.63) is 58.7 Å². The van der Waals surface area contributed by atoms with Crippen molar-refractivity contribution < 1.29 is 25.6 Å². The molecular weight excluding hydrogens is 422 g/mol. The van der Waals surface area contributed by atoms with E-state index in [4.69, 9.17) is 0 Å². The molecule has 29 heavy (non-hydrogen) atoms. The largest absolute Gasteiger partial charge is 0.246 e. The van der Waals surface area contributed by atoms with Crippen molar-refractivity contribution >= 4 is 20.0 Å². The maximum absolute atomic E-state index is 14.0. The summed E-state index contributed by atoms with van der Waals surface area (Å²) < 4.78 is 80.9. The van der Waals surface area contributed by atoms with Crippen LogP contribution in [0.1, 0.15) is 16.7 Å². The predicted octanol–water partition coefficient (Wildman–Crippen LogP) is 2.59. The number of rotatable bonds is 4. The van der Waals surface area contributed by atoms with Gasteiger partial charge in [-0.2, -0.15) is 8.61 Å². The second kappa shape index (κ2) is 7.75. The quantitative estimate of drug-likeness (QED) is 0.727. The molecule has 0 aromatic heterocycles. The summed E-state index contributed by atoms with van der Waals surface area (Å²) in [6, 6.07) is 5.84. The highest BCUT2D eigenvalue weighted by molar-refractivity contribution is 7.89. The summed E-state index contributed by atoms with van der Waals surface area (Å²) in [5.41, 5.74) is 2.22. The van der Waals surface area contributed by atoms with Crippen molar-refractivity contribution in [1.82, 2.24) is 8.61 Å². The summed E-state index contributed by atoms with van der Waals surface area (Å²) in [6.45, 7) is 4.98. The molecule has 0 atom stereocenters. The molecule has 1 heterocycles. The number of hydrogen-bond donors (Lipinski definition) is 0. The van der Waals surface area contributed by atoms with Crippen LogP contribution in [0.4, 0.5) is 8.78 Å². The van der Waals surface area contributed by atoms with Crippen molar-refractivity contribution in [3.63, 3.8) is 0 Å². The Balaban J connectivity index is 1.83. The predicted molar refractivity (Wildman–Crippen MR) is 105 cm³/mol. The molecule has 1 fully saturated rings. The van der Waals surface area contributed by atoms with Gasteiger partial charge in [0.2, 0.25) is 20.0 Å². The minimum Gasteiger partial charge on any atom is -0.207 e. The van der Waals surface area contributed by atoms with Crippen LogP contribution in [0.25, 0.3) is 0 Å². The third kappa shape index (κ3) is 4.07. The van der Waals surface area contributed by atoms with E-state index in [-0.39, 0.29) is 31.1 Å². The molecule has 158 valence electrons. The van der Waals surface area contributed by atoms with Crippen LogP contribution < -0.4 is 0 Å². The van der Waals surface area contributed by atoms with Crippen molar-refractivity contribution in [2.45, 2.75) is 30.6 Å². The second-order valence-corrected chi connectivity index (χ2v) is 10.9. The lowest BCUT2D eigenvalue weighted by Crippen LogP contribution is -2.50. The van der Waals surface area contributed by atoms with Crippen molar-refractivity contribution in [1.29, 1.82) is 0 Å². The van der Waals surface area contributed by atoms with Crippen LogP contribution in [0.2, 0.25) is 0 Å². The number of sulfonamides is 2. The molecule has 2 aromatic carbocycles. The monoisotopic (exact) mass is 444 g/mol. The zero-order valence-corrected chi connectivity index (χ0v) is 17.9. The van der Waals surface area contributed by atoms with Crippen LogP contribution in [-0.4, -0.2) is 51.6 Å². The van der Waals surface area contributed by atoms with Gasteiger partial charge in [-0.25, -0.2) is 25.6 Å². The van der Waals surface area contributed by atoms with Crippen LogP contribution in [-0.2, 0) is 20.0 Å². The minimum atomic E-state index is -4.19. The first-order valence-electron chi connectivity index (χ1n) is 8.98. The van der Waals surface area contributed by atoms with E-state index in [1.165, 1.54) is 4.31 Å². The Morgan fingerprint density at radius 2 is 1.24 bits per heavy atom. The lowest BCUT2D eigenvalue weighted by Gasteiger charge is -2.34. The number of benzene rings is 2. The maximum Gasteiger partial charge on any atom is 0.246 e. The fourth-order valence-corrected chi connectivity index (χ4v) is 6.98. The van der Waals surface area contributed by atoms with E-state index < -0.39 is 36.6 Å². The second-order valence-electron chi connectivity index (χ2n) is 7.11. The van der Waals surface area contributed by atoms with E-state index in [1.54, 1.807) is 26.0 Å². The lowest BCUT2D eigenvalue weighted by atomic mass is 10.1. The van der Waals surface area contributed by atoms with E-state index >= 15 is 0 Å². The van der Waals surface area contributed by atoms with E-state index in [9.17, 15) is 25.6 Å². The van der Waals surface area contributed by atoms with Gasteiger partial charge in [0, 0.05) is 32.2 Å². The minimum absolute atomic E-state index is 0.0584. The summed E-state index contributed by atoms with van der Waals surface area (Å²) in [5.74, 6) is -2.05. The van der Waals surface area contributed by atoms with Gasteiger partial charge in [-0.3, -0.25) is 0 Å². The first-order chi connectivity index (χ1) is 13.4. The average molecular weight is 445 g/mol. The van der Waals surface area contributed by atoms with Gasteiger partial charge in [-0.05, 0) is 44.0 Å². The fraction of sp³-hybridized carbons (Fsp3) is 0.368. The van der Waals surface area contributed by atoms with Crippen molar-refractivity contribution in [3.8, 4) is 0 Å². The number of halogens is 2. The first-order valence-corrected chi connectivity index (χ1v) is 11.9. The van der Waals surface area contributed by atoms with Crippen LogP contribution in [0, 0.1) is 32.4 Å². The molecule has 0 aliphatic carbocycles. The summed E-state index contributed by atoms with van der Waals surface area (Å²) in [4.78, 5) is -0.399. The highest BCUT2D eigenvalue weighted by atomic mass is 32.2. The van der Waals surface area contributed by atoms with E-state index in [1.807, 2.05) is 6.92 Å². The molecular formula is C19H22F2N2O4S2. The van der Waals surface area contributed by atoms with Crippen LogP contribution in [0.5, 0.6) is 0 Å². The van der Waals surface area contributed by atoms with E-state index in [0.29, 0.717) is 17.2 Å². The standard InChI is InChI=1S/C19H22F2N2O4S2/c1-13-10-14(2)19(15(3)11-13)29(26,27)23-8-6-22(7-9-23)28(24,25)18-5-4-16(20)12-17(18)21/h4-5,10-12H,6-9H2,1-3H3. The normalized spacial score (nSPS) is 16.9. The molecule has 0 amide bonds. The SMILES string of the molecule is Cc1cc(C)c(S(=O)(=O)N2CCN(S(=O)(=O)c3ccc(F)cc3F)CC2)c(C)c1. The van der Waals surface area contributed by atoms with Gasteiger partial charge in [0.25, 0.3) is 0 Å². The molecule has 10 heteroatoms. The summed E-state index contributed by atoms with van der Waals surface area (Å²) in [7, 11) is -7.99. The molecule has 0 radical (unpaired) electrons. The Labute approximate surface area is 169 Å². The molecule has 0 unspecified atom stereocenters. The van der Waals surface area contributed by atoms with Gasteiger partial charge in [-0.1, -0.05) is 17.7 Å². The molecule has 2 aromatic rings. The molecule has 1 aliphatic rings. The summed E-state index contributed by atoms with van der Waals surface area (Å²) in [6.07, 6.45) is 0. The zero-order valence-electron chi connectivity index (χ0n) is 16.3. The Hall–Kier alpha value is -1.88. The molecule has 0 saturated carbocycles.